The molecule has 18 heavy (non-hydrogen) atoms. The van der Waals surface area contributed by atoms with Crippen molar-refractivity contribution in [3.63, 3.8) is 0 Å². The van der Waals surface area contributed by atoms with Crippen molar-refractivity contribution < 1.29 is 37.1 Å². The van der Waals surface area contributed by atoms with E-state index in [0.29, 0.717) is 12.2 Å². The minimum atomic E-state index is -4.42. The lowest BCUT2D eigenvalue weighted by atomic mass is 10.3. The number of rotatable bonds is 5. The van der Waals surface area contributed by atoms with E-state index in [4.69, 9.17) is 5.11 Å². The van der Waals surface area contributed by atoms with Gasteiger partial charge < -0.3 is 10.4 Å². The topological polar surface area (TPSA) is 95.5 Å². The summed E-state index contributed by atoms with van der Waals surface area (Å²) in [6, 6.07) is -1.45. The Bertz CT molecular complexity index is 370. The van der Waals surface area contributed by atoms with Crippen molar-refractivity contribution in [3.05, 3.63) is 12.2 Å². The molecule has 0 fully saturated rings. The fourth-order valence-electron chi connectivity index (χ4n) is 0.620. The van der Waals surface area contributed by atoms with Gasteiger partial charge in [-0.1, -0.05) is 0 Å². The number of nitrogens with one attached hydrogen (secondary N) is 2. The zero-order valence-corrected chi connectivity index (χ0v) is 8.62. The molecule has 0 bridgehead atoms. The number of alkyl halides is 4. The Morgan fingerprint density at radius 3 is 2.22 bits per heavy atom. The van der Waals surface area contributed by atoms with Crippen LogP contribution in [0.5, 0.6) is 0 Å². The number of aliphatic carboxylic acids is 1. The molecule has 0 rings (SSSR count). The lowest BCUT2D eigenvalue weighted by molar-refractivity contribution is -0.131. The van der Waals surface area contributed by atoms with Gasteiger partial charge >= 0.3 is 24.3 Å². The maximum atomic E-state index is 12.3. The molecule has 0 atom stereocenters. The summed E-state index contributed by atoms with van der Waals surface area (Å²) in [5.74, 6) is -7.08. The van der Waals surface area contributed by atoms with Crippen LogP contribution < -0.4 is 10.6 Å². The van der Waals surface area contributed by atoms with E-state index < -0.39 is 36.8 Å². The number of carboxylic acid groups (broad SMARTS) is 1. The minimum Gasteiger partial charge on any atom is -0.478 e. The molecule has 0 aromatic rings. The van der Waals surface area contributed by atoms with E-state index in [2.05, 4.69) is 0 Å². The minimum absolute atomic E-state index is 0.399. The summed E-state index contributed by atoms with van der Waals surface area (Å²) >= 11 is 0. The number of hydrogen-bond donors (Lipinski definition) is 3. The highest BCUT2D eigenvalue weighted by Crippen LogP contribution is 2.21. The lowest BCUT2D eigenvalue weighted by Crippen LogP contribution is -2.46. The molecule has 0 aliphatic heterocycles. The van der Waals surface area contributed by atoms with E-state index in [0.717, 1.165) is 0 Å². The van der Waals surface area contributed by atoms with Gasteiger partial charge in [0.1, 0.15) is 0 Å². The Morgan fingerprint density at radius 1 is 1.22 bits per heavy atom. The van der Waals surface area contributed by atoms with Gasteiger partial charge in [-0.3, -0.25) is 10.1 Å². The molecular formula is C8H8F4N2O4. The van der Waals surface area contributed by atoms with Crippen LogP contribution in [0.2, 0.25) is 0 Å². The van der Waals surface area contributed by atoms with Crippen LogP contribution in [0.4, 0.5) is 22.4 Å². The summed E-state index contributed by atoms with van der Waals surface area (Å²) in [5.41, 5.74) is 0. The van der Waals surface area contributed by atoms with Gasteiger partial charge in [-0.2, -0.15) is 8.78 Å². The van der Waals surface area contributed by atoms with Crippen LogP contribution in [0.25, 0.3) is 0 Å². The van der Waals surface area contributed by atoms with Gasteiger partial charge in [0.05, 0.1) is 6.54 Å². The van der Waals surface area contributed by atoms with Crippen molar-refractivity contribution in [1.82, 2.24) is 10.6 Å². The number of imide groups is 1. The number of carboxylic acids is 1. The summed E-state index contributed by atoms with van der Waals surface area (Å²) in [4.78, 5) is 31.5. The first-order valence-corrected chi connectivity index (χ1v) is 4.31. The number of carbonyl (C=O) groups is 3. The molecule has 0 aromatic heterocycles. The van der Waals surface area contributed by atoms with E-state index in [1.54, 1.807) is 0 Å². The van der Waals surface area contributed by atoms with E-state index in [1.807, 2.05) is 0 Å². The Hall–Kier alpha value is -2.13. The van der Waals surface area contributed by atoms with Crippen molar-refractivity contribution in [2.24, 2.45) is 0 Å². The SMILES string of the molecule is O=C(O)/C=C/C(=O)NC(=O)NCC(F)(F)C(F)F. The fraction of sp³-hybridized carbons (Fsp3) is 0.375. The monoisotopic (exact) mass is 272 g/mol. The molecule has 0 saturated heterocycles. The van der Waals surface area contributed by atoms with Crippen LogP contribution in [0.1, 0.15) is 0 Å². The second-order valence-corrected chi connectivity index (χ2v) is 2.91. The largest absolute Gasteiger partial charge is 0.478 e. The quantitative estimate of drug-likeness (QED) is 0.497. The Kier molecular flexibility index (Phi) is 5.79. The van der Waals surface area contributed by atoms with Gasteiger partial charge in [-0.25, -0.2) is 18.4 Å². The molecule has 0 unspecified atom stereocenters. The van der Waals surface area contributed by atoms with E-state index in [1.165, 1.54) is 10.6 Å². The highest BCUT2D eigenvalue weighted by atomic mass is 19.3. The first-order chi connectivity index (χ1) is 8.15. The fourth-order valence-corrected chi connectivity index (χ4v) is 0.620. The molecule has 102 valence electrons. The van der Waals surface area contributed by atoms with Gasteiger partial charge in [0.2, 0.25) is 0 Å². The summed E-state index contributed by atoms with van der Waals surface area (Å²) in [6.45, 7) is -1.66. The third-order valence-electron chi connectivity index (χ3n) is 1.42. The standard InChI is InChI=1S/C8H8F4N2O4/c9-6(10)8(11,12)3-13-7(18)14-4(15)1-2-5(16)17/h1-2,6H,3H2,(H,16,17)(H2,13,14,15,18)/b2-1+. The Balaban J connectivity index is 4.14. The predicted octanol–water partition coefficient (Wildman–Crippen LogP) is 0.353. The van der Waals surface area contributed by atoms with Gasteiger partial charge in [-0.05, 0) is 0 Å². The lowest BCUT2D eigenvalue weighted by Gasteiger charge is -2.15. The zero-order valence-electron chi connectivity index (χ0n) is 8.62. The Labute approximate surface area is 97.6 Å². The molecule has 3 N–H and O–H groups in total. The number of carbonyl (C=O) groups excluding carboxylic acids is 2. The molecule has 0 radical (unpaired) electrons. The first kappa shape index (κ1) is 15.9. The summed E-state index contributed by atoms with van der Waals surface area (Å²) < 4.78 is 48.0. The second kappa shape index (κ2) is 6.57. The number of urea groups is 1. The molecule has 0 aromatic carbocycles. The van der Waals surface area contributed by atoms with Crippen molar-refractivity contribution in [2.45, 2.75) is 12.3 Å². The first-order valence-electron chi connectivity index (χ1n) is 4.31. The zero-order chi connectivity index (χ0) is 14.3. The summed E-state index contributed by atoms with van der Waals surface area (Å²) in [6.07, 6.45) is -3.11. The van der Waals surface area contributed by atoms with Crippen LogP contribution in [0.3, 0.4) is 0 Å². The van der Waals surface area contributed by atoms with Crippen LogP contribution in [-0.2, 0) is 9.59 Å². The van der Waals surface area contributed by atoms with Crippen LogP contribution in [0, 0.1) is 0 Å². The highest BCUT2D eigenvalue weighted by molar-refractivity contribution is 6.02. The summed E-state index contributed by atoms with van der Waals surface area (Å²) in [7, 11) is 0. The van der Waals surface area contributed by atoms with Crippen LogP contribution >= 0.6 is 0 Å². The highest BCUT2D eigenvalue weighted by Gasteiger charge is 2.40. The van der Waals surface area contributed by atoms with Crippen LogP contribution in [0.15, 0.2) is 12.2 Å². The van der Waals surface area contributed by atoms with Gasteiger partial charge in [0.25, 0.3) is 5.91 Å². The predicted molar refractivity (Wildman–Crippen MR) is 49.3 cm³/mol. The smallest absolute Gasteiger partial charge is 0.328 e. The van der Waals surface area contributed by atoms with Crippen LogP contribution in [-0.4, -0.2) is 41.9 Å². The van der Waals surface area contributed by atoms with Gasteiger partial charge in [-0.15, -0.1) is 0 Å². The second-order valence-electron chi connectivity index (χ2n) is 2.91. The molecule has 0 spiro atoms. The molecule has 10 heteroatoms. The average molecular weight is 272 g/mol. The summed E-state index contributed by atoms with van der Waals surface area (Å²) in [5, 5.41) is 10.9. The van der Waals surface area contributed by atoms with Crippen molar-refractivity contribution in [2.75, 3.05) is 6.54 Å². The molecule has 0 aliphatic carbocycles. The maximum Gasteiger partial charge on any atom is 0.328 e. The third-order valence-corrected chi connectivity index (χ3v) is 1.42. The number of hydrogen-bond acceptors (Lipinski definition) is 3. The van der Waals surface area contributed by atoms with E-state index in [9.17, 15) is 31.9 Å². The normalized spacial score (nSPS) is 11.6. The maximum absolute atomic E-state index is 12.3. The average Bonchev–Trinajstić information content (AvgIpc) is 2.23. The number of halogens is 4. The van der Waals surface area contributed by atoms with Gasteiger partial charge in [0.15, 0.2) is 0 Å². The van der Waals surface area contributed by atoms with Gasteiger partial charge in [0, 0.05) is 12.2 Å². The molecule has 0 aliphatic rings. The molecule has 0 heterocycles. The molecule has 3 amide bonds. The number of amides is 3. The van der Waals surface area contributed by atoms with Crippen molar-refractivity contribution in [1.29, 1.82) is 0 Å². The van der Waals surface area contributed by atoms with Crippen molar-refractivity contribution in [3.8, 4) is 0 Å². The van der Waals surface area contributed by atoms with Crippen molar-refractivity contribution >= 4 is 17.9 Å². The molecule has 0 saturated carbocycles. The molecule has 6 nitrogen and oxygen atoms in total. The third kappa shape index (κ3) is 6.45. The van der Waals surface area contributed by atoms with E-state index >= 15 is 0 Å². The molecular weight excluding hydrogens is 264 g/mol. The Morgan fingerprint density at radius 2 is 1.78 bits per heavy atom. The van der Waals surface area contributed by atoms with E-state index in [-0.39, 0.29) is 0 Å².